The Morgan fingerprint density at radius 3 is 2.67 bits per heavy atom. The normalized spacial score (nSPS) is 22.6. The molecule has 24 heavy (non-hydrogen) atoms. The SMILES string of the molecule is CN1CCC[C@H]1C(=O)N1CCCN(C(=O)CCc2cn[nH]c2)CC1. The van der Waals surface area contributed by atoms with E-state index >= 15 is 0 Å². The molecule has 1 aromatic rings. The van der Waals surface area contributed by atoms with E-state index in [1.54, 1.807) is 6.20 Å². The van der Waals surface area contributed by atoms with Crippen molar-refractivity contribution in [2.24, 2.45) is 0 Å². The highest BCUT2D eigenvalue weighted by Gasteiger charge is 2.32. The minimum absolute atomic E-state index is 0.0355. The van der Waals surface area contributed by atoms with Crippen LogP contribution in [0.1, 0.15) is 31.2 Å². The quantitative estimate of drug-likeness (QED) is 0.871. The summed E-state index contributed by atoms with van der Waals surface area (Å²) in [5.74, 6) is 0.408. The summed E-state index contributed by atoms with van der Waals surface area (Å²) in [6, 6.07) is 0.0355. The van der Waals surface area contributed by atoms with Crippen LogP contribution in [0, 0.1) is 0 Å². The van der Waals surface area contributed by atoms with Gasteiger partial charge in [0.05, 0.1) is 12.2 Å². The van der Waals surface area contributed by atoms with Crippen LogP contribution < -0.4 is 0 Å². The molecule has 2 aliphatic rings. The smallest absolute Gasteiger partial charge is 0.239 e. The van der Waals surface area contributed by atoms with Gasteiger partial charge >= 0.3 is 0 Å². The molecule has 3 rings (SSSR count). The van der Waals surface area contributed by atoms with Gasteiger partial charge in [0.1, 0.15) is 0 Å². The number of nitrogens with one attached hydrogen (secondary N) is 1. The van der Waals surface area contributed by atoms with Gasteiger partial charge < -0.3 is 9.80 Å². The fourth-order valence-corrected chi connectivity index (χ4v) is 3.64. The first-order valence-corrected chi connectivity index (χ1v) is 8.89. The number of nitrogens with zero attached hydrogens (tertiary/aromatic N) is 4. The summed E-state index contributed by atoms with van der Waals surface area (Å²) in [5, 5.41) is 6.67. The zero-order valence-electron chi connectivity index (χ0n) is 14.4. The molecule has 7 nitrogen and oxygen atoms in total. The molecule has 7 heteroatoms. The molecule has 0 bridgehead atoms. The van der Waals surface area contributed by atoms with Crippen LogP contribution in [0.25, 0.3) is 0 Å². The number of carbonyl (C=O) groups excluding carboxylic acids is 2. The van der Waals surface area contributed by atoms with E-state index in [9.17, 15) is 9.59 Å². The van der Waals surface area contributed by atoms with Gasteiger partial charge in [-0.05, 0) is 44.8 Å². The third-order valence-electron chi connectivity index (χ3n) is 5.15. The number of hydrogen-bond donors (Lipinski definition) is 1. The Balaban J connectivity index is 1.49. The Labute approximate surface area is 143 Å². The average molecular weight is 333 g/mol. The fourth-order valence-electron chi connectivity index (χ4n) is 3.64. The third kappa shape index (κ3) is 3.95. The molecule has 2 saturated heterocycles. The van der Waals surface area contributed by atoms with Crippen molar-refractivity contribution in [1.29, 1.82) is 0 Å². The van der Waals surface area contributed by atoms with Gasteiger partial charge in [-0.15, -0.1) is 0 Å². The largest absolute Gasteiger partial charge is 0.341 e. The van der Waals surface area contributed by atoms with Crippen molar-refractivity contribution in [3.8, 4) is 0 Å². The number of amides is 2. The maximum absolute atomic E-state index is 12.7. The van der Waals surface area contributed by atoms with E-state index in [0.717, 1.165) is 44.5 Å². The number of rotatable bonds is 4. The lowest BCUT2D eigenvalue weighted by Gasteiger charge is -2.27. The van der Waals surface area contributed by atoms with E-state index in [2.05, 4.69) is 15.1 Å². The molecule has 0 aliphatic carbocycles. The maximum Gasteiger partial charge on any atom is 0.239 e. The number of likely N-dealkylation sites (tertiary alicyclic amines) is 1. The van der Waals surface area contributed by atoms with Crippen molar-refractivity contribution in [2.45, 2.75) is 38.1 Å². The van der Waals surface area contributed by atoms with Gasteiger partial charge in [0.25, 0.3) is 0 Å². The van der Waals surface area contributed by atoms with Crippen LogP contribution in [0.5, 0.6) is 0 Å². The standard InChI is InChI=1S/C17H27N5O2/c1-20-7-2-4-15(20)17(24)22-9-3-8-21(10-11-22)16(23)6-5-14-12-18-19-13-14/h12-13,15H,2-11H2,1H3,(H,18,19)/t15-/m0/s1. The maximum atomic E-state index is 12.7. The summed E-state index contributed by atoms with van der Waals surface area (Å²) >= 11 is 0. The number of aromatic amines is 1. The minimum Gasteiger partial charge on any atom is -0.341 e. The topological polar surface area (TPSA) is 72.5 Å². The first-order valence-electron chi connectivity index (χ1n) is 8.89. The zero-order chi connectivity index (χ0) is 16.9. The van der Waals surface area contributed by atoms with Crippen molar-refractivity contribution in [1.82, 2.24) is 24.9 Å². The summed E-state index contributed by atoms with van der Waals surface area (Å²) in [4.78, 5) is 31.1. The number of hydrogen-bond acceptors (Lipinski definition) is 4. The monoisotopic (exact) mass is 333 g/mol. The van der Waals surface area contributed by atoms with Crippen LogP contribution in [-0.4, -0.2) is 82.5 Å². The first kappa shape index (κ1) is 17.0. The molecular weight excluding hydrogens is 306 g/mol. The summed E-state index contributed by atoms with van der Waals surface area (Å²) < 4.78 is 0. The van der Waals surface area contributed by atoms with Gasteiger partial charge in [-0.25, -0.2) is 0 Å². The van der Waals surface area contributed by atoms with E-state index in [1.807, 2.05) is 23.0 Å². The Kier molecular flexibility index (Phi) is 5.50. The van der Waals surface area contributed by atoms with E-state index < -0.39 is 0 Å². The lowest BCUT2D eigenvalue weighted by atomic mass is 10.2. The molecule has 2 amide bonds. The van der Waals surface area contributed by atoms with E-state index in [-0.39, 0.29) is 17.9 Å². The number of aryl methyl sites for hydroxylation is 1. The van der Waals surface area contributed by atoms with Gasteiger partial charge in [-0.1, -0.05) is 0 Å². The molecule has 1 aromatic heterocycles. The van der Waals surface area contributed by atoms with Crippen LogP contribution in [0.15, 0.2) is 12.4 Å². The number of likely N-dealkylation sites (N-methyl/N-ethyl adjacent to an activating group) is 1. The van der Waals surface area contributed by atoms with E-state index in [4.69, 9.17) is 0 Å². The molecule has 1 N–H and O–H groups in total. The molecule has 2 aliphatic heterocycles. The van der Waals surface area contributed by atoms with Crippen molar-refractivity contribution >= 4 is 11.8 Å². The van der Waals surface area contributed by atoms with Crippen molar-refractivity contribution in [2.75, 3.05) is 39.8 Å². The summed E-state index contributed by atoms with van der Waals surface area (Å²) in [6.07, 6.45) is 7.71. The number of carbonyl (C=O) groups is 2. The summed E-state index contributed by atoms with van der Waals surface area (Å²) in [5.41, 5.74) is 1.05. The Morgan fingerprint density at radius 1 is 1.17 bits per heavy atom. The second kappa shape index (κ2) is 7.79. The molecular formula is C17H27N5O2. The van der Waals surface area contributed by atoms with E-state index in [1.165, 1.54) is 0 Å². The summed E-state index contributed by atoms with van der Waals surface area (Å²) in [6.45, 7) is 3.80. The van der Waals surface area contributed by atoms with Crippen LogP contribution in [0.3, 0.4) is 0 Å². The molecule has 0 aromatic carbocycles. The highest BCUT2D eigenvalue weighted by molar-refractivity contribution is 5.82. The zero-order valence-corrected chi connectivity index (χ0v) is 14.4. The average Bonchev–Trinajstić information content (AvgIpc) is 3.18. The predicted octanol–water partition coefficient (Wildman–Crippen LogP) is 0.497. The third-order valence-corrected chi connectivity index (χ3v) is 5.15. The van der Waals surface area contributed by atoms with Crippen LogP contribution in [0.2, 0.25) is 0 Å². The minimum atomic E-state index is 0.0355. The van der Waals surface area contributed by atoms with Crippen molar-refractivity contribution in [3.05, 3.63) is 18.0 Å². The van der Waals surface area contributed by atoms with Crippen molar-refractivity contribution in [3.63, 3.8) is 0 Å². The molecule has 0 unspecified atom stereocenters. The van der Waals surface area contributed by atoms with Gasteiger partial charge in [0, 0.05) is 38.8 Å². The molecule has 0 spiro atoms. The second-order valence-electron chi connectivity index (χ2n) is 6.80. The number of aromatic nitrogens is 2. The van der Waals surface area contributed by atoms with Crippen LogP contribution >= 0.6 is 0 Å². The Hall–Kier alpha value is -1.89. The number of H-pyrrole nitrogens is 1. The summed E-state index contributed by atoms with van der Waals surface area (Å²) in [7, 11) is 2.03. The van der Waals surface area contributed by atoms with Crippen molar-refractivity contribution < 1.29 is 9.59 Å². The fraction of sp³-hybridized carbons (Fsp3) is 0.706. The molecule has 3 heterocycles. The highest BCUT2D eigenvalue weighted by atomic mass is 16.2. The molecule has 2 fully saturated rings. The molecule has 0 radical (unpaired) electrons. The van der Waals surface area contributed by atoms with Gasteiger partial charge in [0.15, 0.2) is 0 Å². The second-order valence-corrected chi connectivity index (χ2v) is 6.80. The molecule has 132 valence electrons. The lowest BCUT2D eigenvalue weighted by molar-refractivity contribution is -0.136. The molecule has 0 saturated carbocycles. The van der Waals surface area contributed by atoms with Gasteiger partial charge in [0.2, 0.25) is 11.8 Å². The van der Waals surface area contributed by atoms with Crippen LogP contribution in [-0.2, 0) is 16.0 Å². The Bertz CT molecular complexity index is 559. The van der Waals surface area contributed by atoms with Crippen LogP contribution in [0.4, 0.5) is 0 Å². The lowest BCUT2D eigenvalue weighted by Crippen LogP contribution is -2.46. The molecule has 1 atom stereocenters. The van der Waals surface area contributed by atoms with Gasteiger partial charge in [-0.3, -0.25) is 19.6 Å². The predicted molar refractivity (Wildman–Crippen MR) is 90.3 cm³/mol. The Morgan fingerprint density at radius 2 is 1.96 bits per heavy atom. The first-order chi connectivity index (χ1) is 11.6. The van der Waals surface area contributed by atoms with Gasteiger partial charge in [-0.2, -0.15) is 5.10 Å². The highest BCUT2D eigenvalue weighted by Crippen LogP contribution is 2.18. The van der Waals surface area contributed by atoms with E-state index in [0.29, 0.717) is 25.9 Å².